The molecular weight excluding hydrogens is 319 g/mol. The molecule has 8 heteroatoms. The van der Waals surface area contributed by atoms with Crippen LogP contribution in [0.1, 0.15) is 24.8 Å². The van der Waals surface area contributed by atoms with Crippen molar-refractivity contribution in [3.05, 3.63) is 35.4 Å². The first-order chi connectivity index (χ1) is 10.7. The van der Waals surface area contributed by atoms with Gasteiger partial charge in [0.25, 0.3) is 0 Å². The van der Waals surface area contributed by atoms with Gasteiger partial charge < -0.3 is 10.6 Å². The van der Waals surface area contributed by atoms with Gasteiger partial charge in [0.15, 0.2) is 0 Å². The second-order valence-electron chi connectivity index (χ2n) is 5.68. The Bertz CT molecular complexity index is 575. The molecule has 1 heterocycles. The third kappa shape index (κ3) is 4.40. The average Bonchev–Trinajstić information content (AvgIpc) is 2.46. The number of aryl methyl sites for hydroxylation is 1. The van der Waals surface area contributed by atoms with Gasteiger partial charge in [-0.2, -0.15) is 13.2 Å². The van der Waals surface area contributed by atoms with Crippen molar-refractivity contribution >= 4 is 5.91 Å². The van der Waals surface area contributed by atoms with Gasteiger partial charge in [0, 0.05) is 19.0 Å². The van der Waals surface area contributed by atoms with Gasteiger partial charge in [-0.1, -0.05) is 0 Å². The molecule has 0 aromatic heterocycles. The summed E-state index contributed by atoms with van der Waals surface area (Å²) < 4.78 is 65.6. The topological polar surface area (TPSA) is 46.3 Å². The molecule has 3 nitrogen and oxygen atoms in total. The molecule has 0 aliphatic carbocycles. The first-order valence-electron chi connectivity index (χ1n) is 7.24. The molecule has 2 N–H and O–H groups in total. The Balaban J connectivity index is 2.06. The van der Waals surface area contributed by atoms with Crippen molar-refractivity contribution in [3.8, 4) is 0 Å². The number of carbonyl (C=O) groups excluding carboxylic acids is 1. The quantitative estimate of drug-likeness (QED) is 0.863. The molecule has 2 rings (SSSR count). The van der Waals surface area contributed by atoms with Crippen molar-refractivity contribution in [1.82, 2.24) is 4.90 Å². The lowest BCUT2D eigenvalue weighted by Gasteiger charge is -2.39. The maximum Gasteiger partial charge on any atom is 0.408 e. The Kier molecular flexibility index (Phi) is 5.23. The Morgan fingerprint density at radius 2 is 1.96 bits per heavy atom. The Morgan fingerprint density at radius 3 is 2.61 bits per heavy atom. The van der Waals surface area contributed by atoms with E-state index in [4.69, 9.17) is 5.73 Å². The minimum Gasteiger partial charge on any atom is -0.329 e. The molecular formula is C15H17F5N2O. The van der Waals surface area contributed by atoms with Gasteiger partial charge >= 0.3 is 6.18 Å². The molecule has 1 aromatic rings. The SMILES string of the molecule is N[C@H]1CC[C@H](C(F)(F)F)N(C(=O)CCc2cc(F)ccc2F)C1. The number of halogens is 5. The number of nitrogens with two attached hydrogens (primary N) is 1. The van der Waals surface area contributed by atoms with E-state index in [2.05, 4.69) is 0 Å². The molecule has 1 aromatic carbocycles. The van der Waals surface area contributed by atoms with Gasteiger partial charge in [0.1, 0.15) is 17.7 Å². The molecule has 1 fully saturated rings. The zero-order valence-corrected chi connectivity index (χ0v) is 12.2. The Hall–Kier alpha value is -1.70. The van der Waals surface area contributed by atoms with Gasteiger partial charge in [0.2, 0.25) is 5.91 Å². The van der Waals surface area contributed by atoms with Crippen LogP contribution in [0.5, 0.6) is 0 Å². The van der Waals surface area contributed by atoms with E-state index in [1.807, 2.05) is 0 Å². The third-order valence-electron chi connectivity index (χ3n) is 3.93. The molecule has 0 saturated carbocycles. The van der Waals surface area contributed by atoms with Gasteiger partial charge in [-0.3, -0.25) is 4.79 Å². The highest BCUT2D eigenvalue weighted by Crippen LogP contribution is 2.32. The summed E-state index contributed by atoms with van der Waals surface area (Å²) in [6, 6.07) is 0.413. The number of benzene rings is 1. The highest BCUT2D eigenvalue weighted by Gasteiger charge is 2.47. The number of amides is 1. The van der Waals surface area contributed by atoms with E-state index in [1.165, 1.54) is 0 Å². The second-order valence-corrected chi connectivity index (χ2v) is 5.68. The maximum atomic E-state index is 13.5. The van der Waals surface area contributed by atoms with E-state index in [9.17, 15) is 26.7 Å². The molecule has 0 radical (unpaired) electrons. The van der Waals surface area contributed by atoms with Crippen molar-refractivity contribution < 1.29 is 26.7 Å². The van der Waals surface area contributed by atoms with E-state index in [-0.39, 0.29) is 37.8 Å². The van der Waals surface area contributed by atoms with Crippen LogP contribution in [0.15, 0.2) is 18.2 Å². The third-order valence-corrected chi connectivity index (χ3v) is 3.93. The number of hydrogen-bond acceptors (Lipinski definition) is 2. The predicted octanol–water partition coefficient (Wildman–Crippen LogP) is 2.78. The van der Waals surface area contributed by atoms with Crippen LogP contribution >= 0.6 is 0 Å². The summed E-state index contributed by atoms with van der Waals surface area (Å²) >= 11 is 0. The fourth-order valence-corrected chi connectivity index (χ4v) is 2.74. The molecule has 0 bridgehead atoms. The van der Waals surface area contributed by atoms with Crippen LogP contribution < -0.4 is 5.73 Å². The van der Waals surface area contributed by atoms with Crippen LogP contribution in [0.2, 0.25) is 0 Å². The lowest BCUT2D eigenvalue weighted by Crippen LogP contribution is -2.56. The summed E-state index contributed by atoms with van der Waals surface area (Å²) in [7, 11) is 0. The van der Waals surface area contributed by atoms with Gasteiger partial charge in [-0.05, 0) is 43.0 Å². The van der Waals surface area contributed by atoms with Crippen molar-refractivity contribution in [2.75, 3.05) is 6.54 Å². The fourth-order valence-electron chi connectivity index (χ4n) is 2.74. The molecule has 1 aliphatic rings. The summed E-state index contributed by atoms with van der Waals surface area (Å²) in [6.07, 6.45) is -5.09. The van der Waals surface area contributed by atoms with Crippen molar-refractivity contribution in [3.63, 3.8) is 0 Å². The minimum absolute atomic E-state index is 0.0387. The standard InChI is InChI=1S/C15H17F5N2O/c16-10-2-4-12(17)9(7-10)1-6-14(23)22-8-11(21)3-5-13(22)15(18,19)20/h2,4,7,11,13H,1,3,5-6,8,21H2/t11-,13+/m0/s1. The molecule has 128 valence electrons. The zero-order chi connectivity index (χ0) is 17.2. The number of piperidine rings is 1. The predicted molar refractivity (Wildman–Crippen MR) is 73.4 cm³/mol. The number of carbonyl (C=O) groups is 1. The highest BCUT2D eigenvalue weighted by atomic mass is 19.4. The summed E-state index contributed by atoms with van der Waals surface area (Å²) in [4.78, 5) is 12.8. The fraction of sp³-hybridized carbons (Fsp3) is 0.533. The number of nitrogens with zero attached hydrogens (tertiary/aromatic N) is 1. The van der Waals surface area contributed by atoms with Crippen LogP contribution in [0.25, 0.3) is 0 Å². The largest absolute Gasteiger partial charge is 0.408 e. The number of rotatable bonds is 3. The number of alkyl halides is 3. The second kappa shape index (κ2) is 6.82. The lowest BCUT2D eigenvalue weighted by molar-refractivity contribution is -0.196. The first kappa shape index (κ1) is 17.7. The molecule has 0 spiro atoms. The van der Waals surface area contributed by atoms with E-state index >= 15 is 0 Å². The van der Waals surface area contributed by atoms with Crippen LogP contribution in [-0.4, -0.2) is 35.6 Å². The summed E-state index contributed by atoms with van der Waals surface area (Å²) in [5.74, 6) is -2.12. The summed E-state index contributed by atoms with van der Waals surface area (Å²) in [5, 5.41) is 0. The summed E-state index contributed by atoms with van der Waals surface area (Å²) in [5.41, 5.74) is 5.61. The Labute approximate surface area is 130 Å². The van der Waals surface area contributed by atoms with E-state index < -0.39 is 35.8 Å². The van der Waals surface area contributed by atoms with Gasteiger partial charge in [-0.15, -0.1) is 0 Å². The van der Waals surface area contributed by atoms with Crippen LogP contribution in [0, 0.1) is 11.6 Å². The zero-order valence-electron chi connectivity index (χ0n) is 12.2. The van der Waals surface area contributed by atoms with Crippen LogP contribution in [0.3, 0.4) is 0 Å². The van der Waals surface area contributed by atoms with Gasteiger partial charge in [-0.25, -0.2) is 8.78 Å². The summed E-state index contributed by atoms with van der Waals surface area (Å²) in [6.45, 7) is -0.186. The van der Waals surface area contributed by atoms with E-state index in [0.717, 1.165) is 18.2 Å². The molecule has 2 atom stereocenters. The smallest absolute Gasteiger partial charge is 0.329 e. The number of likely N-dealkylation sites (tertiary alicyclic amines) is 1. The van der Waals surface area contributed by atoms with Crippen molar-refractivity contribution in [2.45, 2.75) is 43.9 Å². The van der Waals surface area contributed by atoms with Crippen LogP contribution in [0.4, 0.5) is 22.0 Å². The van der Waals surface area contributed by atoms with Crippen molar-refractivity contribution in [1.29, 1.82) is 0 Å². The average molecular weight is 336 g/mol. The number of hydrogen-bond donors (Lipinski definition) is 1. The normalized spacial score (nSPS) is 22.3. The van der Waals surface area contributed by atoms with E-state index in [1.54, 1.807) is 0 Å². The monoisotopic (exact) mass is 336 g/mol. The molecule has 0 unspecified atom stereocenters. The van der Waals surface area contributed by atoms with E-state index in [0.29, 0.717) is 4.90 Å². The molecule has 1 aliphatic heterocycles. The lowest BCUT2D eigenvalue weighted by atomic mass is 9.97. The minimum atomic E-state index is -4.53. The van der Waals surface area contributed by atoms with Crippen molar-refractivity contribution in [2.24, 2.45) is 5.73 Å². The first-order valence-corrected chi connectivity index (χ1v) is 7.24. The van der Waals surface area contributed by atoms with Gasteiger partial charge in [0.05, 0.1) is 0 Å². The molecule has 23 heavy (non-hydrogen) atoms. The molecule has 1 amide bonds. The van der Waals surface area contributed by atoms with Crippen LogP contribution in [-0.2, 0) is 11.2 Å². The maximum absolute atomic E-state index is 13.5. The molecule has 1 saturated heterocycles. The highest BCUT2D eigenvalue weighted by molar-refractivity contribution is 5.77. The Morgan fingerprint density at radius 1 is 1.26 bits per heavy atom.